The van der Waals surface area contributed by atoms with E-state index in [9.17, 15) is 4.79 Å². The maximum absolute atomic E-state index is 11.8. The fraction of sp³-hybridized carbons (Fsp3) is 0.333. The van der Waals surface area contributed by atoms with Crippen molar-refractivity contribution in [1.82, 2.24) is 4.98 Å². The first kappa shape index (κ1) is 12.7. The number of nitrogens with one attached hydrogen (secondary N) is 1. The minimum Gasteiger partial charge on any atom is -0.459 e. The van der Waals surface area contributed by atoms with Crippen LogP contribution in [0.3, 0.4) is 0 Å². The Morgan fingerprint density at radius 1 is 1.20 bits per heavy atom. The SMILES string of the molecule is O=C(Nc1ccc(N2CCCCC2)nc1)c1ccco1. The average molecular weight is 271 g/mol. The molecule has 0 aliphatic carbocycles. The van der Waals surface area contributed by atoms with Crippen LogP contribution in [0.4, 0.5) is 11.5 Å². The molecule has 1 aliphatic rings. The maximum Gasteiger partial charge on any atom is 0.291 e. The van der Waals surface area contributed by atoms with E-state index in [-0.39, 0.29) is 5.91 Å². The van der Waals surface area contributed by atoms with Gasteiger partial charge in [0.25, 0.3) is 5.91 Å². The lowest BCUT2D eigenvalue weighted by molar-refractivity contribution is 0.0996. The van der Waals surface area contributed by atoms with Gasteiger partial charge in [-0.05, 0) is 43.5 Å². The summed E-state index contributed by atoms with van der Waals surface area (Å²) in [6, 6.07) is 7.14. The van der Waals surface area contributed by atoms with E-state index in [0.717, 1.165) is 18.9 Å². The van der Waals surface area contributed by atoms with E-state index in [1.54, 1.807) is 18.3 Å². The number of carbonyl (C=O) groups excluding carboxylic acids is 1. The van der Waals surface area contributed by atoms with Crippen molar-refractivity contribution in [1.29, 1.82) is 0 Å². The molecule has 1 fully saturated rings. The van der Waals surface area contributed by atoms with Crippen LogP contribution in [-0.2, 0) is 0 Å². The zero-order valence-corrected chi connectivity index (χ0v) is 11.2. The van der Waals surface area contributed by atoms with Crippen LogP contribution in [-0.4, -0.2) is 24.0 Å². The molecule has 20 heavy (non-hydrogen) atoms. The third kappa shape index (κ3) is 2.82. The Bertz CT molecular complexity index is 557. The smallest absolute Gasteiger partial charge is 0.291 e. The first-order valence-corrected chi connectivity index (χ1v) is 6.89. The Hall–Kier alpha value is -2.30. The molecule has 3 heterocycles. The van der Waals surface area contributed by atoms with Gasteiger partial charge in [-0.15, -0.1) is 0 Å². The van der Waals surface area contributed by atoms with Crippen LogP contribution in [0.25, 0.3) is 0 Å². The van der Waals surface area contributed by atoms with Gasteiger partial charge in [-0.3, -0.25) is 4.79 Å². The van der Waals surface area contributed by atoms with Crippen molar-refractivity contribution < 1.29 is 9.21 Å². The fourth-order valence-corrected chi connectivity index (χ4v) is 2.37. The number of hydrogen-bond donors (Lipinski definition) is 1. The largest absolute Gasteiger partial charge is 0.459 e. The van der Waals surface area contributed by atoms with Crippen molar-refractivity contribution in [3.05, 3.63) is 42.5 Å². The zero-order valence-electron chi connectivity index (χ0n) is 11.2. The molecule has 2 aromatic heterocycles. The monoisotopic (exact) mass is 271 g/mol. The topological polar surface area (TPSA) is 58.4 Å². The zero-order chi connectivity index (χ0) is 13.8. The van der Waals surface area contributed by atoms with E-state index < -0.39 is 0 Å². The standard InChI is InChI=1S/C15H17N3O2/c19-15(13-5-4-10-20-13)17-12-6-7-14(16-11-12)18-8-2-1-3-9-18/h4-7,10-11H,1-3,8-9H2,(H,17,19). The third-order valence-electron chi connectivity index (χ3n) is 3.43. The number of furan rings is 1. The number of amides is 1. The van der Waals surface area contributed by atoms with Gasteiger partial charge in [-0.25, -0.2) is 4.98 Å². The summed E-state index contributed by atoms with van der Waals surface area (Å²) in [5, 5.41) is 2.76. The third-order valence-corrected chi connectivity index (χ3v) is 3.43. The van der Waals surface area contributed by atoms with Crippen molar-refractivity contribution in [3.8, 4) is 0 Å². The van der Waals surface area contributed by atoms with E-state index in [1.165, 1.54) is 25.5 Å². The van der Waals surface area contributed by atoms with Crippen molar-refractivity contribution in [2.75, 3.05) is 23.3 Å². The van der Waals surface area contributed by atoms with Crippen molar-refractivity contribution in [2.24, 2.45) is 0 Å². The lowest BCUT2D eigenvalue weighted by atomic mass is 10.1. The summed E-state index contributed by atoms with van der Waals surface area (Å²) in [6.07, 6.45) is 6.91. The summed E-state index contributed by atoms with van der Waals surface area (Å²) >= 11 is 0. The minimum absolute atomic E-state index is 0.262. The Morgan fingerprint density at radius 2 is 2.05 bits per heavy atom. The predicted octanol–water partition coefficient (Wildman–Crippen LogP) is 2.92. The second-order valence-electron chi connectivity index (χ2n) is 4.88. The van der Waals surface area contributed by atoms with Crippen LogP contribution in [0.15, 0.2) is 41.1 Å². The molecular formula is C15H17N3O2. The van der Waals surface area contributed by atoms with Crippen LogP contribution < -0.4 is 10.2 Å². The number of pyridine rings is 1. The molecule has 0 unspecified atom stereocenters. The first-order chi connectivity index (χ1) is 9.83. The molecule has 3 rings (SSSR count). The normalized spacial score (nSPS) is 15.1. The predicted molar refractivity (Wildman–Crippen MR) is 77.0 cm³/mol. The fourth-order valence-electron chi connectivity index (χ4n) is 2.37. The molecule has 0 radical (unpaired) electrons. The highest BCUT2D eigenvalue weighted by molar-refractivity contribution is 6.02. The molecule has 1 saturated heterocycles. The second-order valence-corrected chi connectivity index (χ2v) is 4.88. The molecule has 0 saturated carbocycles. The molecule has 1 amide bonds. The van der Waals surface area contributed by atoms with E-state index in [1.807, 2.05) is 12.1 Å². The van der Waals surface area contributed by atoms with Crippen LogP contribution in [0.5, 0.6) is 0 Å². The molecule has 0 aromatic carbocycles. The van der Waals surface area contributed by atoms with Gasteiger partial charge in [0.15, 0.2) is 5.76 Å². The first-order valence-electron chi connectivity index (χ1n) is 6.89. The summed E-state index contributed by atoms with van der Waals surface area (Å²) < 4.78 is 5.05. The molecule has 1 N–H and O–H groups in total. The summed E-state index contributed by atoms with van der Waals surface area (Å²) in [4.78, 5) is 18.5. The van der Waals surface area contributed by atoms with E-state index in [4.69, 9.17) is 4.42 Å². The molecule has 5 heteroatoms. The highest BCUT2D eigenvalue weighted by atomic mass is 16.3. The molecular weight excluding hydrogens is 254 g/mol. The Labute approximate surface area is 117 Å². The van der Waals surface area contributed by atoms with Gasteiger partial charge in [-0.2, -0.15) is 0 Å². The van der Waals surface area contributed by atoms with Crippen molar-refractivity contribution >= 4 is 17.4 Å². The van der Waals surface area contributed by atoms with Gasteiger partial charge in [0, 0.05) is 13.1 Å². The number of nitrogens with zero attached hydrogens (tertiary/aromatic N) is 2. The van der Waals surface area contributed by atoms with Crippen LogP contribution >= 0.6 is 0 Å². The van der Waals surface area contributed by atoms with E-state index in [0.29, 0.717) is 11.4 Å². The number of rotatable bonds is 3. The highest BCUT2D eigenvalue weighted by Crippen LogP contribution is 2.19. The number of hydrogen-bond acceptors (Lipinski definition) is 4. The summed E-state index contributed by atoms with van der Waals surface area (Å²) in [5.74, 6) is 1.01. The number of aromatic nitrogens is 1. The quantitative estimate of drug-likeness (QED) is 0.932. The van der Waals surface area contributed by atoms with Crippen LogP contribution in [0, 0.1) is 0 Å². The van der Waals surface area contributed by atoms with Crippen molar-refractivity contribution in [3.63, 3.8) is 0 Å². The number of piperidine rings is 1. The van der Waals surface area contributed by atoms with Gasteiger partial charge in [0.1, 0.15) is 5.82 Å². The van der Waals surface area contributed by atoms with Gasteiger partial charge in [-0.1, -0.05) is 0 Å². The second kappa shape index (κ2) is 5.77. The molecule has 5 nitrogen and oxygen atoms in total. The summed E-state index contributed by atoms with van der Waals surface area (Å²) in [5.41, 5.74) is 0.673. The Balaban J connectivity index is 1.65. The number of anilines is 2. The van der Waals surface area contributed by atoms with E-state index >= 15 is 0 Å². The highest BCUT2D eigenvalue weighted by Gasteiger charge is 2.13. The number of carbonyl (C=O) groups is 1. The molecule has 2 aromatic rings. The average Bonchev–Trinajstić information content (AvgIpc) is 3.03. The van der Waals surface area contributed by atoms with Gasteiger partial charge in [0.05, 0.1) is 18.1 Å². The molecule has 0 spiro atoms. The summed E-state index contributed by atoms with van der Waals surface area (Å²) in [6.45, 7) is 2.12. The van der Waals surface area contributed by atoms with Crippen LogP contribution in [0.2, 0.25) is 0 Å². The van der Waals surface area contributed by atoms with Gasteiger partial charge < -0.3 is 14.6 Å². The lowest BCUT2D eigenvalue weighted by Crippen LogP contribution is -2.30. The van der Waals surface area contributed by atoms with Gasteiger partial charge >= 0.3 is 0 Å². The van der Waals surface area contributed by atoms with Crippen LogP contribution in [0.1, 0.15) is 29.8 Å². The molecule has 104 valence electrons. The van der Waals surface area contributed by atoms with Crippen molar-refractivity contribution in [2.45, 2.75) is 19.3 Å². The van der Waals surface area contributed by atoms with E-state index in [2.05, 4.69) is 15.2 Å². The Morgan fingerprint density at radius 3 is 2.70 bits per heavy atom. The minimum atomic E-state index is -0.262. The van der Waals surface area contributed by atoms with Gasteiger partial charge in [0.2, 0.25) is 0 Å². The molecule has 0 bridgehead atoms. The maximum atomic E-state index is 11.8. The Kier molecular flexibility index (Phi) is 3.67. The molecule has 0 atom stereocenters. The lowest BCUT2D eigenvalue weighted by Gasteiger charge is -2.27. The molecule has 1 aliphatic heterocycles. The summed E-state index contributed by atoms with van der Waals surface area (Å²) in [7, 11) is 0.